The molecule has 4 rings (SSSR count). The highest BCUT2D eigenvalue weighted by Gasteiger charge is 2.08. The molecule has 6 heteroatoms. The first-order chi connectivity index (χ1) is 9.81. The van der Waals surface area contributed by atoms with Gasteiger partial charge in [0.05, 0.1) is 29.6 Å². The number of aromatic amines is 1. The summed E-state index contributed by atoms with van der Waals surface area (Å²) in [6.45, 7) is 0.667. The highest BCUT2D eigenvalue weighted by atomic mass is 35.5. The number of halogens is 1. The third kappa shape index (κ3) is 1.75. The molecule has 0 spiro atoms. The quantitative estimate of drug-likeness (QED) is 0.615. The highest BCUT2D eigenvalue weighted by molar-refractivity contribution is 6.31. The van der Waals surface area contributed by atoms with Crippen LogP contribution >= 0.6 is 11.6 Å². The largest absolute Gasteiger partial charge is 0.324 e. The van der Waals surface area contributed by atoms with Gasteiger partial charge in [0.15, 0.2) is 5.65 Å². The van der Waals surface area contributed by atoms with Crippen LogP contribution < -0.4 is 0 Å². The number of nitrogens with zero attached hydrogens (tertiary/aromatic N) is 4. The molecular formula is C14H10ClN5. The van der Waals surface area contributed by atoms with Gasteiger partial charge in [-0.25, -0.2) is 9.97 Å². The number of pyridine rings is 1. The van der Waals surface area contributed by atoms with Crippen LogP contribution in [0.2, 0.25) is 5.02 Å². The Balaban J connectivity index is 1.81. The third-order valence-corrected chi connectivity index (χ3v) is 3.56. The molecule has 1 N–H and O–H groups in total. The van der Waals surface area contributed by atoms with Crippen molar-refractivity contribution in [2.75, 3.05) is 0 Å². The maximum absolute atomic E-state index is 5.98. The van der Waals surface area contributed by atoms with Gasteiger partial charge in [0.1, 0.15) is 0 Å². The molecule has 0 aliphatic carbocycles. The Morgan fingerprint density at radius 1 is 1.20 bits per heavy atom. The lowest BCUT2D eigenvalue weighted by molar-refractivity contribution is 0.795. The van der Waals surface area contributed by atoms with Gasteiger partial charge in [-0.15, -0.1) is 0 Å². The third-order valence-electron chi connectivity index (χ3n) is 3.32. The molecule has 3 aromatic heterocycles. The molecule has 0 aliphatic rings. The van der Waals surface area contributed by atoms with Crippen LogP contribution in [-0.2, 0) is 6.54 Å². The second-order valence-electron chi connectivity index (χ2n) is 4.58. The molecule has 20 heavy (non-hydrogen) atoms. The molecule has 0 bridgehead atoms. The second kappa shape index (κ2) is 4.31. The van der Waals surface area contributed by atoms with Crippen molar-refractivity contribution in [2.24, 2.45) is 0 Å². The minimum atomic E-state index is 0.667. The van der Waals surface area contributed by atoms with Crippen LogP contribution in [0.15, 0.2) is 42.9 Å². The van der Waals surface area contributed by atoms with E-state index in [2.05, 4.69) is 24.7 Å². The number of fused-ring (bicyclic) bond motifs is 2. The van der Waals surface area contributed by atoms with Crippen LogP contribution in [0.5, 0.6) is 0 Å². The van der Waals surface area contributed by atoms with Gasteiger partial charge in [0, 0.05) is 16.6 Å². The van der Waals surface area contributed by atoms with Gasteiger partial charge >= 0.3 is 0 Å². The van der Waals surface area contributed by atoms with Gasteiger partial charge in [-0.05, 0) is 30.3 Å². The van der Waals surface area contributed by atoms with Gasteiger partial charge in [0.25, 0.3) is 0 Å². The predicted octanol–water partition coefficient (Wildman–Crippen LogP) is 3.01. The number of imidazole rings is 1. The van der Waals surface area contributed by atoms with E-state index >= 15 is 0 Å². The number of benzene rings is 1. The Labute approximate surface area is 119 Å². The molecule has 0 fully saturated rings. The zero-order chi connectivity index (χ0) is 13.5. The zero-order valence-electron chi connectivity index (χ0n) is 10.4. The molecule has 5 nitrogen and oxygen atoms in total. The van der Waals surface area contributed by atoms with Crippen LogP contribution in [0, 0.1) is 0 Å². The molecule has 0 radical (unpaired) electrons. The van der Waals surface area contributed by atoms with Crippen LogP contribution in [0.4, 0.5) is 0 Å². The summed E-state index contributed by atoms with van der Waals surface area (Å²) in [4.78, 5) is 8.59. The molecule has 0 aliphatic heterocycles. The number of nitrogens with one attached hydrogen (secondary N) is 1. The van der Waals surface area contributed by atoms with Crippen molar-refractivity contribution in [3.63, 3.8) is 0 Å². The summed E-state index contributed by atoms with van der Waals surface area (Å²) in [5.41, 5.74) is 3.68. The fourth-order valence-corrected chi connectivity index (χ4v) is 2.52. The van der Waals surface area contributed by atoms with E-state index in [9.17, 15) is 0 Å². The van der Waals surface area contributed by atoms with Gasteiger partial charge in [-0.3, -0.25) is 5.10 Å². The van der Waals surface area contributed by atoms with Crippen LogP contribution in [0.25, 0.3) is 22.1 Å². The van der Waals surface area contributed by atoms with Crippen molar-refractivity contribution in [3.05, 3.63) is 53.6 Å². The van der Waals surface area contributed by atoms with Gasteiger partial charge < -0.3 is 4.57 Å². The standard InChI is InChI=1S/C14H10ClN5/c15-9-3-4-13-11(6-9)17-8-20(13)7-12-10-2-1-5-16-14(10)19-18-12/h1-6,8H,7H2,(H,16,18,19). The minimum Gasteiger partial charge on any atom is -0.324 e. The van der Waals surface area contributed by atoms with Crippen LogP contribution in [-0.4, -0.2) is 24.7 Å². The van der Waals surface area contributed by atoms with E-state index in [4.69, 9.17) is 11.6 Å². The van der Waals surface area contributed by atoms with E-state index in [-0.39, 0.29) is 0 Å². The number of hydrogen-bond acceptors (Lipinski definition) is 3. The lowest BCUT2D eigenvalue weighted by Crippen LogP contribution is -1.98. The predicted molar refractivity (Wildman–Crippen MR) is 77.7 cm³/mol. The topological polar surface area (TPSA) is 59.4 Å². The minimum absolute atomic E-state index is 0.667. The summed E-state index contributed by atoms with van der Waals surface area (Å²) < 4.78 is 2.06. The summed E-state index contributed by atoms with van der Waals surface area (Å²) in [5.74, 6) is 0. The summed E-state index contributed by atoms with van der Waals surface area (Å²) in [6, 6.07) is 9.63. The lowest BCUT2D eigenvalue weighted by Gasteiger charge is -2.02. The normalized spacial score (nSPS) is 11.4. The Morgan fingerprint density at radius 3 is 3.10 bits per heavy atom. The average molecular weight is 284 g/mol. The lowest BCUT2D eigenvalue weighted by atomic mass is 10.2. The van der Waals surface area contributed by atoms with E-state index in [0.29, 0.717) is 11.6 Å². The summed E-state index contributed by atoms with van der Waals surface area (Å²) in [7, 11) is 0. The molecule has 0 amide bonds. The first-order valence-electron chi connectivity index (χ1n) is 6.19. The maximum Gasteiger partial charge on any atom is 0.181 e. The smallest absolute Gasteiger partial charge is 0.181 e. The van der Waals surface area contributed by atoms with Crippen molar-refractivity contribution in [1.29, 1.82) is 0 Å². The monoisotopic (exact) mass is 283 g/mol. The van der Waals surface area contributed by atoms with E-state index in [1.807, 2.05) is 36.7 Å². The molecule has 4 aromatic rings. The van der Waals surface area contributed by atoms with Crippen molar-refractivity contribution in [3.8, 4) is 0 Å². The molecular weight excluding hydrogens is 274 g/mol. The number of hydrogen-bond donors (Lipinski definition) is 1. The first-order valence-corrected chi connectivity index (χ1v) is 6.57. The Kier molecular flexibility index (Phi) is 2.47. The summed E-state index contributed by atoms with van der Waals surface area (Å²) in [5, 5.41) is 8.97. The van der Waals surface area contributed by atoms with Crippen LogP contribution in [0.3, 0.4) is 0 Å². The maximum atomic E-state index is 5.98. The van der Waals surface area contributed by atoms with Crippen molar-refractivity contribution < 1.29 is 0 Å². The molecule has 98 valence electrons. The zero-order valence-corrected chi connectivity index (χ0v) is 11.2. The molecule has 0 unspecified atom stereocenters. The molecule has 3 heterocycles. The van der Waals surface area contributed by atoms with E-state index in [0.717, 1.165) is 27.8 Å². The Bertz CT molecular complexity index is 908. The van der Waals surface area contributed by atoms with Crippen molar-refractivity contribution in [1.82, 2.24) is 24.7 Å². The molecule has 1 aromatic carbocycles. The van der Waals surface area contributed by atoms with E-state index in [1.54, 1.807) is 6.20 Å². The number of H-pyrrole nitrogens is 1. The molecule has 0 saturated heterocycles. The highest BCUT2D eigenvalue weighted by Crippen LogP contribution is 2.20. The van der Waals surface area contributed by atoms with Gasteiger partial charge in [-0.1, -0.05) is 11.6 Å². The fraction of sp³-hybridized carbons (Fsp3) is 0.0714. The van der Waals surface area contributed by atoms with Gasteiger partial charge in [0.2, 0.25) is 0 Å². The number of aromatic nitrogens is 5. The molecule has 0 atom stereocenters. The molecule has 0 saturated carbocycles. The van der Waals surface area contributed by atoms with Crippen molar-refractivity contribution >= 4 is 33.7 Å². The van der Waals surface area contributed by atoms with Crippen LogP contribution in [0.1, 0.15) is 5.69 Å². The average Bonchev–Trinajstić information content (AvgIpc) is 3.04. The Hall–Kier alpha value is -2.40. The summed E-state index contributed by atoms with van der Waals surface area (Å²) in [6.07, 6.45) is 3.55. The SMILES string of the molecule is Clc1ccc2c(c1)ncn2Cc1[nH]nc2ncccc12. The second-order valence-corrected chi connectivity index (χ2v) is 5.02. The number of rotatable bonds is 2. The van der Waals surface area contributed by atoms with Gasteiger partial charge in [-0.2, -0.15) is 5.10 Å². The van der Waals surface area contributed by atoms with E-state index < -0.39 is 0 Å². The Morgan fingerprint density at radius 2 is 2.15 bits per heavy atom. The first kappa shape index (κ1) is 11.4. The fourth-order valence-electron chi connectivity index (χ4n) is 2.36. The summed E-state index contributed by atoms with van der Waals surface area (Å²) >= 11 is 5.98. The van der Waals surface area contributed by atoms with E-state index in [1.165, 1.54) is 0 Å². The van der Waals surface area contributed by atoms with Crippen molar-refractivity contribution in [2.45, 2.75) is 6.54 Å².